The molecule has 0 saturated heterocycles. The summed E-state index contributed by atoms with van der Waals surface area (Å²) >= 11 is 1.44. The van der Waals surface area contributed by atoms with Crippen molar-refractivity contribution in [1.82, 2.24) is 4.98 Å². The molecular formula is C25H28N2O2S. The third-order valence-electron chi connectivity index (χ3n) is 5.49. The molecule has 5 heteroatoms. The molecular weight excluding hydrogens is 392 g/mol. The van der Waals surface area contributed by atoms with E-state index in [2.05, 4.69) is 49.3 Å². The molecule has 0 atom stereocenters. The largest absolute Gasteiger partial charge is 0.484 e. The SMILES string of the molecule is CC(C)(C)c1ccc(OCC(=O)Nc2nc(-c3ccc4c(c3)CCCC4)cs2)cc1. The van der Waals surface area contributed by atoms with E-state index >= 15 is 0 Å². The molecule has 30 heavy (non-hydrogen) atoms. The van der Waals surface area contributed by atoms with Crippen LogP contribution in [-0.2, 0) is 23.1 Å². The Morgan fingerprint density at radius 3 is 2.53 bits per heavy atom. The number of ether oxygens (including phenoxy) is 1. The van der Waals surface area contributed by atoms with Crippen molar-refractivity contribution < 1.29 is 9.53 Å². The molecule has 1 N–H and O–H groups in total. The van der Waals surface area contributed by atoms with Gasteiger partial charge in [0, 0.05) is 10.9 Å². The third kappa shape index (κ3) is 4.90. The number of fused-ring (bicyclic) bond motifs is 1. The summed E-state index contributed by atoms with van der Waals surface area (Å²) in [6.45, 7) is 6.47. The van der Waals surface area contributed by atoms with E-state index < -0.39 is 0 Å². The van der Waals surface area contributed by atoms with Gasteiger partial charge in [0.25, 0.3) is 5.91 Å². The first-order chi connectivity index (χ1) is 14.4. The van der Waals surface area contributed by atoms with Crippen LogP contribution in [0.2, 0.25) is 0 Å². The number of aromatic nitrogens is 1. The Balaban J connectivity index is 1.34. The van der Waals surface area contributed by atoms with Crippen molar-refractivity contribution in [3.05, 3.63) is 64.5 Å². The fourth-order valence-electron chi connectivity index (χ4n) is 3.71. The summed E-state index contributed by atoms with van der Waals surface area (Å²) in [6.07, 6.45) is 4.85. The zero-order valence-corrected chi connectivity index (χ0v) is 18.6. The van der Waals surface area contributed by atoms with Crippen LogP contribution in [0.15, 0.2) is 47.8 Å². The number of carbonyl (C=O) groups is 1. The van der Waals surface area contributed by atoms with Crippen molar-refractivity contribution in [3.63, 3.8) is 0 Å². The van der Waals surface area contributed by atoms with Gasteiger partial charge in [0.05, 0.1) is 5.69 Å². The van der Waals surface area contributed by atoms with Crippen molar-refractivity contribution >= 4 is 22.4 Å². The van der Waals surface area contributed by atoms with Crippen LogP contribution in [0.3, 0.4) is 0 Å². The molecule has 0 saturated carbocycles. The predicted molar refractivity (Wildman–Crippen MR) is 123 cm³/mol. The second-order valence-electron chi connectivity index (χ2n) is 8.84. The number of carbonyl (C=O) groups excluding carboxylic acids is 1. The predicted octanol–water partition coefficient (Wildman–Crippen LogP) is 6.00. The number of rotatable bonds is 5. The Morgan fingerprint density at radius 2 is 1.80 bits per heavy atom. The molecule has 4 nitrogen and oxygen atoms in total. The van der Waals surface area contributed by atoms with E-state index in [0.717, 1.165) is 17.7 Å². The zero-order valence-electron chi connectivity index (χ0n) is 17.8. The van der Waals surface area contributed by atoms with Crippen LogP contribution in [0.1, 0.15) is 50.3 Å². The first kappa shape index (κ1) is 20.6. The van der Waals surface area contributed by atoms with Gasteiger partial charge in [-0.2, -0.15) is 0 Å². The average molecular weight is 421 g/mol. The van der Waals surface area contributed by atoms with Crippen LogP contribution in [-0.4, -0.2) is 17.5 Å². The first-order valence-corrected chi connectivity index (χ1v) is 11.4. The van der Waals surface area contributed by atoms with Crippen LogP contribution in [0.25, 0.3) is 11.3 Å². The molecule has 0 aliphatic heterocycles. The summed E-state index contributed by atoms with van der Waals surface area (Å²) in [5.74, 6) is 0.480. The molecule has 0 fully saturated rings. The zero-order chi connectivity index (χ0) is 21.1. The van der Waals surface area contributed by atoms with Gasteiger partial charge in [-0.1, -0.05) is 45.0 Å². The standard InChI is InChI=1S/C25H28N2O2S/c1-25(2,3)20-10-12-21(13-11-20)29-15-23(28)27-24-26-22(16-30-24)19-9-8-17-6-4-5-7-18(17)14-19/h8-14,16H,4-7,15H2,1-3H3,(H,26,27,28). The molecule has 1 amide bonds. The maximum atomic E-state index is 12.3. The fourth-order valence-corrected chi connectivity index (χ4v) is 4.45. The molecule has 3 aromatic rings. The van der Waals surface area contributed by atoms with Crippen molar-refractivity contribution in [2.75, 3.05) is 11.9 Å². The Labute approximate surface area is 182 Å². The van der Waals surface area contributed by atoms with E-state index in [4.69, 9.17) is 4.74 Å². The van der Waals surface area contributed by atoms with Crippen LogP contribution < -0.4 is 10.1 Å². The van der Waals surface area contributed by atoms with Crippen molar-refractivity contribution in [2.45, 2.75) is 51.9 Å². The van der Waals surface area contributed by atoms with Crippen molar-refractivity contribution in [3.8, 4) is 17.0 Å². The highest BCUT2D eigenvalue weighted by atomic mass is 32.1. The van der Waals surface area contributed by atoms with Crippen LogP contribution in [0, 0.1) is 0 Å². The molecule has 1 heterocycles. The number of hydrogen-bond donors (Lipinski definition) is 1. The van der Waals surface area contributed by atoms with Crippen molar-refractivity contribution in [2.24, 2.45) is 0 Å². The lowest BCUT2D eigenvalue weighted by atomic mass is 9.87. The van der Waals surface area contributed by atoms with E-state index in [-0.39, 0.29) is 17.9 Å². The highest BCUT2D eigenvalue weighted by molar-refractivity contribution is 7.14. The smallest absolute Gasteiger partial charge is 0.264 e. The van der Waals surface area contributed by atoms with Crippen LogP contribution >= 0.6 is 11.3 Å². The summed E-state index contributed by atoms with van der Waals surface area (Å²) in [6, 6.07) is 14.5. The number of nitrogens with one attached hydrogen (secondary N) is 1. The molecule has 156 valence electrons. The van der Waals surface area contributed by atoms with Gasteiger partial charge >= 0.3 is 0 Å². The quantitative estimate of drug-likeness (QED) is 0.550. The van der Waals surface area contributed by atoms with Gasteiger partial charge in [-0.25, -0.2) is 4.98 Å². The molecule has 2 aromatic carbocycles. The summed E-state index contributed by atoms with van der Waals surface area (Å²) < 4.78 is 5.63. The van der Waals surface area contributed by atoms with Gasteiger partial charge in [-0.3, -0.25) is 10.1 Å². The van der Waals surface area contributed by atoms with Gasteiger partial charge in [0.2, 0.25) is 0 Å². The van der Waals surface area contributed by atoms with Gasteiger partial charge in [0.15, 0.2) is 11.7 Å². The highest BCUT2D eigenvalue weighted by Gasteiger charge is 2.14. The van der Waals surface area contributed by atoms with E-state index in [1.54, 1.807) is 0 Å². The molecule has 1 aromatic heterocycles. The number of anilines is 1. The Kier molecular flexibility index (Phi) is 5.91. The first-order valence-electron chi connectivity index (χ1n) is 10.5. The maximum absolute atomic E-state index is 12.3. The molecule has 0 radical (unpaired) electrons. The van der Waals surface area contributed by atoms with Crippen LogP contribution in [0.5, 0.6) is 5.75 Å². The summed E-state index contributed by atoms with van der Waals surface area (Å²) in [7, 11) is 0. The molecule has 1 aliphatic rings. The lowest BCUT2D eigenvalue weighted by Crippen LogP contribution is -2.20. The lowest BCUT2D eigenvalue weighted by molar-refractivity contribution is -0.118. The van der Waals surface area contributed by atoms with E-state index in [9.17, 15) is 4.79 Å². The minimum atomic E-state index is -0.207. The van der Waals surface area contributed by atoms with Gasteiger partial charge in [-0.05, 0) is 66.0 Å². The van der Waals surface area contributed by atoms with E-state index in [1.807, 2.05) is 29.6 Å². The minimum Gasteiger partial charge on any atom is -0.484 e. The number of thiazole rings is 1. The normalized spacial score (nSPS) is 13.6. The van der Waals surface area contributed by atoms with Gasteiger partial charge in [-0.15, -0.1) is 11.3 Å². The molecule has 1 aliphatic carbocycles. The number of benzene rings is 2. The van der Waals surface area contributed by atoms with Crippen molar-refractivity contribution in [1.29, 1.82) is 0 Å². The number of nitrogens with zero attached hydrogens (tertiary/aromatic N) is 1. The summed E-state index contributed by atoms with van der Waals surface area (Å²) in [5.41, 5.74) is 6.24. The third-order valence-corrected chi connectivity index (χ3v) is 6.24. The van der Waals surface area contributed by atoms with E-state index in [1.165, 1.54) is 47.3 Å². The minimum absolute atomic E-state index is 0.0391. The Hall–Kier alpha value is -2.66. The number of amides is 1. The summed E-state index contributed by atoms with van der Waals surface area (Å²) in [4.78, 5) is 16.9. The number of aryl methyl sites for hydroxylation is 2. The Bertz CT molecular complexity index is 1030. The highest BCUT2D eigenvalue weighted by Crippen LogP contribution is 2.29. The van der Waals surface area contributed by atoms with Gasteiger partial charge in [0.1, 0.15) is 5.75 Å². The molecule has 0 unspecified atom stereocenters. The second kappa shape index (κ2) is 8.60. The number of hydrogen-bond acceptors (Lipinski definition) is 4. The molecule has 0 spiro atoms. The molecule has 0 bridgehead atoms. The van der Waals surface area contributed by atoms with Crippen LogP contribution in [0.4, 0.5) is 5.13 Å². The lowest BCUT2D eigenvalue weighted by Gasteiger charge is -2.19. The fraction of sp³-hybridized carbons (Fsp3) is 0.360. The monoisotopic (exact) mass is 420 g/mol. The van der Waals surface area contributed by atoms with E-state index in [0.29, 0.717) is 10.9 Å². The maximum Gasteiger partial charge on any atom is 0.264 e. The Morgan fingerprint density at radius 1 is 1.07 bits per heavy atom. The average Bonchev–Trinajstić information content (AvgIpc) is 3.20. The topological polar surface area (TPSA) is 51.2 Å². The van der Waals surface area contributed by atoms with Gasteiger partial charge < -0.3 is 4.74 Å². The summed E-state index contributed by atoms with van der Waals surface area (Å²) in [5, 5.41) is 5.43. The molecule has 4 rings (SSSR count). The second-order valence-corrected chi connectivity index (χ2v) is 9.70.